The minimum Gasteiger partial charge on any atom is -0.480 e. The van der Waals surface area contributed by atoms with E-state index in [0.717, 1.165) is 11.1 Å². The van der Waals surface area contributed by atoms with Gasteiger partial charge < -0.3 is 21.5 Å². The van der Waals surface area contributed by atoms with Gasteiger partial charge in [0.15, 0.2) is 5.65 Å². The third-order valence-electron chi connectivity index (χ3n) is 5.20. The summed E-state index contributed by atoms with van der Waals surface area (Å²) in [5, 5.41) is 6.76. The first-order valence-corrected chi connectivity index (χ1v) is 10.6. The van der Waals surface area contributed by atoms with E-state index in [1.165, 1.54) is 31.7 Å². The number of nitrogen functional groups attached to an aromatic ring is 1. The number of carbonyl (C=O) groups excluding carboxylic acids is 1. The minimum absolute atomic E-state index is 0.145. The van der Waals surface area contributed by atoms with E-state index in [-0.39, 0.29) is 34.9 Å². The number of nitrogens with zero attached hydrogens (tertiary/aromatic N) is 5. The molecule has 35 heavy (non-hydrogen) atoms. The summed E-state index contributed by atoms with van der Waals surface area (Å²) in [6, 6.07) is 11.0. The Hall–Kier alpha value is -4.80. The second kappa shape index (κ2) is 10.00. The highest BCUT2D eigenvalue weighted by Gasteiger charge is 2.17. The van der Waals surface area contributed by atoms with Crippen molar-refractivity contribution in [1.82, 2.24) is 24.9 Å². The van der Waals surface area contributed by atoms with Gasteiger partial charge in [0.25, 0.3) is 5.91 Å². The van der Waals surface area contributed by atoms with E-state index in [1.54, 1.807) is 47.2 Å². The van der Waals surface area contributed by atoms with Gasteiger partial charge in [0.2, 0.25) is 11.8 Å². The third kappa shape index (κ3) is 5.24. The van der Waals surface area contributed by atoms with Gasteiger partial charge in [-0.1, -0.05) is 12.1 Å². The van der Waals surface area contributed by atoms with Crippen molar-refractivity contribution in [3.63, 3.8) is 0 Å². The first-order valence-electron chi connectivity index (χ1n) is 10.6. The summed E-state index contributed by atoms with van der Waals surface area (Å²) >= 11 is 0. The van der Waals surface area contributed by atoms with Crippen LogP contribution in [0.25, 0.3) is 16.8 Å². The summed E-state index contributed by atoms with van der Waals surface area (Å²) in [6.45, 7) is 1.84. The van der Waals surface area contributed by atoms with Crippen molar-refractivity contribution >= 4 is 23.7 Å². The SMILES string of the molecule is COc1ncc(-c2ccn3nc(N)nc3c2)cc1C(=O)N/C(C=NC(C)c1ccc(F)cc1)=C/N. The Labute approximate surface area is 200 Å². The van der Waals surface area contributed by atoms with E-state index < -0.39 is 5.91 Å². The zero-order chi connectivity index (χ0) is 24.9. The molecule has 0 radical (unpaired) electrons. The number of ether oxygens (including phenoxy) is 1. The monoisotopic (exact) mass is 474 g/mol. The number of methoxy groups -OCH3 is 1. The van der Waals surface area contributed by atoms with Gasteiger partial charge >= 0.3 is 0 Å². The molecule has 1 atom stereocenters. The Morgan fingerprint density at radius 3 is 2.71 bits per heavy atom. The minimum atomic E-state index is -0.485. The maximum atomic E-state index is 13.2. The van der Waals surface area contributed by atoms with E-state index in [1.807, 2.05) is 6.92 Å². The lowest BCUT2D eigenvalue weighted by Crippen LogP contribution is -2.25. The summed E-state index contributed by atoms with van der Waals surface area (Å²) in [5.41, 5.74) is 14.6. The molecule has 4 rings (SSSR count). The lowest BCUT2D eigenvalue weighted by Gasteiger charge is -2.11. The molecule has 5 N–H and O–H groups in total. The van der Waals surface area contributed by atoms with Crippen molar-refractivity contribution in [2.75, 3.05) is 12.8 Å². The van der Waals surface area contributed by atoms with Crippen molar-refractivity contribution in [2.45, 2.75) is 13.0 Å². The van der Waals surface area contributed by atoms with Crippen molar-refractivity contribution in [1.29, 1.82) is 0 Å². The highest BCUT2D eigenvalue weighted by molar-refractivity contribution is 6.01. The second-order valence-corrected chi connectivity index (χ2v) is 7.55. The van der Waals surface area contributed by atoms with E-state index >= 15 is 0 Å². The Morgan fingerprint density at radius 2 is 2.00 bits per heavy atom. The predicted octanol–water partition coefficient (Wildman–Crippen LogP) is 2.88. The number of hydrogen-bond donors (Lipinski definition) is 3. The lowest BCUT2D eigenvalue weighted by atomic mass is 10.1. The van der Waals surface area contributed by atoms with Gasteiger partial charge in [-0.2, -0.15) is 4.98 Å². The van der Waals surface area contributed by atoms with E-state index in [0.29, 0.717) is 11.2 Å². The van der Waals surface area contributed by atoms with Crippen LogP contribution in [0.15, 0.2) is 71.7 Å². The highest BCUT2D eigenvalue weighted by atomic mass is 19.1. The van der Waals surface area contributed by atoms with Crippen LogP contribution >= 0.6 is 0 Å². The molecule has 0 aliphatic carbocycles. The fourth-order valence-corrected chi connectivity index (χ4v) is 3.35. The van der Waals surface area contributed by atoms with Crippen molar-refractivity contribution in [2.24, 2.45) is 10.7 Å². The molecule has 3 heterocycles. The van der Waals surface area contributed by atoms with Crippen LogP contribution in [-0.2, 0) is 0 Å². The number of anilines is 1. The normalized spacial score (nSPS) is 12.7. The van der Waals surface area contributed by atoms with Gasteiger partial charge in [-0.05, 0) is 48.4 Å². The highest BCUT2D eigenvalue weighted by Crippen LogP contribution is 2.25. The molecule has 10 nitrogen and oxygen atoms in total. The van der Waals surface area contributed by atoms with Gasteiger partial charge in [0, 0.05) is 30.4 Å². The summed E-state index contributed by atoms with van der Waals surface area (Å²) < 4.78 is 20.0. The molecular formula is C24H23FN8O2. The first kappa shape index (κ1) is 23.4. The Kier molecular flexibility index (Phi) is 6.67. The van der Waals surface area contributed by atoms with Crippen LogP contribution in [0, 0.1) is 5.82 Å². The molecule has 1 aromatic carbocycles. The largest absolute Gasteiger partial charge is 0.480 e. The number of benzene rings is 1. The average Bonchev–Trinajstić information content (AvgIpc) is 3.25. The molecule has 1 unspecified atom stereocenters. The van der Waals surface area contributed by atoms with Gasteiger partial charge in [-0.15, -0.1) is 5.10 Å². The molecule has 0 bridgehead atoms. The van der Waals surface area contributed by atoms with Crippen LogP contribution in [0.5, 0.6) is 5.88 Å². The van der Waals surface area contributed by atoms with Crippen molar-refractivity contribution in [3.8, 4) is 17.0 Å². The number of hydrogen-bond acceptors (Lipinski definition) is 8. The fraction of sp³-hybridized carbons (Fsp3) is 0.125. The Bertz CT molecular complexity index is 1430. The molecule has 4 aromatic rings. The average molecular weight is 475 g/mol. The molecule has 3 aromatic heterocycles. The number of aliphatic imine (C=N–C) groups is 1. The summed E-state index contributed by atoms with van der Waals surface area (Å²) in [7, 11) is 1.43. The fourth-order valence-electron chi connectivity index (χ4n) is 3.35. The number of nitrogens with one attached hydrogen (secondary N) is 1. The molecule has 178 valence electrons. The van der Waals surface area contributed by atoms with Crippen LogP contribution < -0.4 is 21.5 Å². The Balaban J connectivity index is 1.55. The third-order valence-corrected chi connectivity index (χ3v) is 5.20. The number of allylic oxidation sites excluding steroid dienone is 1. The molecule has 1 amide bonds. The zero-order valence-corrected chi connectivity index (χ0v) is 19.0. The van der Waals surface area contributed by atoms with Crippen molar-refractivity contribution in [3.05, 3.63) is 83.7 Å². The van der Waals surface area contributed by atoms with Gasteiger partial charge in [-0.25, -0.2) is 13.9 Å². The maximum absolute atomic E-state index is 13.2. The molecule has 0 saturated heterocycles. The standard InChI is InChI=1S/C24H23FN8O2/c1-14(15-3-5-18(25)6-4-15)28-13-19(11-26)30-22(34)20-9-17(12-29-23(20)35-2)16-7-8-33-21(10-16)31-24(27)32-33/h3-14H,26H2,1-2H3,(H2,27,32)(H,30,34)/b19-11+,28-13?. The maximum Gasteiger partial charge on any atom is 0.261 e. The van der Waals surface area contributed by atoms with E-state index in [4.69, 9.17) is 16.2 Å². The molecule has 0 spiro atoms. The molecular weight excluding hydrogens is 451 g/mol. The molecule has 0 saturated carbocycles. The number of pyridine rings is 2. The second-order valence-electron chi connectivity index (χ2n) is 7.55. The zero-order valence-electron chi connectivity index (χ0n) is 19.0. The van der Waals surface area contributed by atoms with Crippen LogP contribution in [0.1, 0.15) is 28.9 Å². The lowest BCUT2D eigenvalue weighted by molar-refractivity contribution is 0.0964. The van der Waals surface area contributed by atoms with E-state index in [9.17, 15) is 9.18 Å². The molecule has 0 fully saturated rings. The van der Waals surface area contributed by atoms with E-state index in [2.05, 4.69) is 25.4 Å². The number of fused-ring (bicyclic) bond motifs is 1. The smallest absolute Gasteiger partial charge is 0.261 e. The predicted molar refractivity (Wildman–Crippen MR) is 130 cm³/mol. The van der Waals surface area contributed by atoms with Crippen LogP contribution in [0.4, 0.5) is 10.3 Å². The van der Waals surface area contributed by atoms with Gasteiger partial charge in [0.05, 0.1) is 18.8 Å². The first-order chi connectivity index (χ1) is 16.9. The summed E-state index contributed by atoms with van der Waals surface area (Å²) in [4.78, 5) is 25.9. The van der Waals surface area contributed by atoms with Gasteiger partial charge in [0.1, 0.15) is 11.4 Å². The quantitative estimate of drug-likeness (QED) is 0.349. The number of rotatable bonds is 7. The molecule has 0 aliphatic rings. The number of nitrogens with two attached hydrogens (primary N) is 2. The molecule has 0 aliphatic heterocycles. The summed E-state index contributed by atoms with van der Waals surface area (Å²) in [6.07, 6.45) is 5.98. The molecule has 11 heteroatoms. The topological polar surface area (TPSA) is 146 Å². The van der Waals surface area contributed by atoms with Crippen molar-refractivity contribution < 1.29 is 13.9 Å². The summed E-state index contributed by atoms with van der Waals surface area (Å²) in [5.74, 6) is -0.504. The Morgan fingerprint density at radius 1 is 1.23 bits per heavy atom. The van der Waals surface area contributed by atoms with Crippen LogP contribution in [0.3, 0.4) is 0 Å². The van der Waals surface area contributed by atoms with Gasteiger partial charge in [-0.3, -0.25) is 9.79 Å². The number of carbonyl (C=O) groups is 1. The number of amides is 1. The number of halogens is 1. The van der Waals surface area contributed by atoms with Crippen LogP contribution in [0.2, 0.25) is 0 Å². The number of aromatic nitrogens is 4. The van der Waals surface area contributed by atoms with Crippen LogP contribution in [-0.4, -0.2) is 38.8 Å².